The van der Waals surface area contributed by atoms with Crippen molar-refractivity contribution < 1.29 is 9.84 Å². The van der Waals surface area contributed by atoms with Gasteiger partial charge >= 0.3 is 0 Å². The van der Waals surface area contributed by atoms with E-state index in [9.17, 15) is 0 Å². The standard InChI is InChI=1S/C11H16ClNO2.ClH/c1-8(14)6-13-7-9-5-10(12)3-4-11(9)15-2;/h3-5,8,13-14H,6-7H2,1-2H3;1H. The van der Waals surface area contributed by atoms with Crippen molar-refractivity contribution in [3.8, 4) is 5.75 Å². The van der Waals surface area contributed by atoms with Gasteiger partial charge in [-0.1, -0.05) is 11.6 Å². The summed E-state index contributed by atoms with van der Waals surface area (Å²) >= 11 is 5.88. The van der Waals surface area contributed by atoms with Crippen molar-refractivity contribution in [3.05, 3.63) is 28.8 Å². The summed E-state index contributed by atoms with van der Waals surface area (Å²) in [5.41, 5.74) is 0.991. The highest BCUT2D eigenvalue weighted by molar-refractivity contribution is 6.30. The van der Waals surface area contributed by atoms with Crippen molar-refractivity contribution in [1.82, 2.24) is 5.32 Å². The summed E-state index contributed by atoms with van der Waals surface area (Å²) in [6, 6.07) is 5.48. The van der Waals surface area contributed by atoms with Crippen LogP contribution in [0.4, 0.5) is 0 Å². The van der Waals surface area contributed by atoms with Crippen LogP contribution in [0.25, 0.3) is 0 Å². The van der Waals surface area contributed by atoms with Gasteiger partial charge in [0.05, 0.1) is 13.2 Å². The molecule has 0 fully saturated rings. The van der Waals surface area contributed by atoms with Gasteiger partial charge in [0.15, 0.2) is 0 Å². The quantitative estimate of drug-likeness (QED) is 0.858. The Morgan fingerprint density at radius 2 is 2.19 bits per heavy atom. The third kappa shape index (κ3) is 5.03. The average Bonchev–Trinajstić information content (AvgIpc) is 2.17. The molecule has 1 unspecified atom stereocenters. The van der Waals surface area contributed by atoms with Crippen LogP contribution in [0.1, 0.15) is 12.5 Å². The van der Waals surface area contributed by atoms with Gasteiger partial charge in [-0.25, -0.2) is 0 Å². The van der Waals surface area contributed by atoms with Gasteiger partial charge in [-0.2, -0.15) is 0 Å². The molecule has 0 radical (unpaired) electrons. The van der Waals surface area contributed by atoms with Crippen LogP contribution in [0, 0.1) is 0 Å². The van der Waals surface area contributed by atoms with Crippen molar-refractivity contribution in [3.63, 3.8) is 0 Å². The lowest BCUT2D eigenvalue weighted by Crippen LogP contribution is -2.24. The molecule has 0 spiro atoms. The Hall–Kier alpha value is -0.480. The van der Waals surface area contributed by atoms with Crippen molar-refractivity contribution in [2.45, 2.75) is 19.6 Å². The Morgan fingerprint density at radius 1 is 1.50 bits per heavy atom. The summed E-state index contributed by atoms with van der Waals surface area (Å²) < 4.78 is 5.20. The first-order chi connectivity index (χ1) is 7.13. The summed E-state index contributed by atoms with van der Waals surface area (Å²) in [7, 11) is 1.63. The maximum absolute atomic E-state index is 9.09. The van der Waals surface area contributed by atoms with Crippen LogP contribution >= 0.6 is 24.0 Å². The predicted octanol–water partition coefficient (Wildman–Crippen LogP) is 2.24. The Balaban J connectivity index is 0.00000225. The third-order valence-corrected chi connectivity index (χ3v) is 2.23. The minimum absolute atomic E-state index is 0. The molecule has 0 aliphatic heterocycles. The maximum atomic E-state index is 9.09. The van der Waals surface area contributed by atoms with Gasteiger partial charge in [0.2, 0.25) is 0 Å². The second-order valence-corrected chi connectivity index (χ2v) is 3.87. The number of rotatable bonds is 5. The molecule has 0 aliphatic carbocycles. The molecule has 1 aromatic rings. The zero-order valence-corrected chi connectivity index (χ0v) is 10.9. The van der Waals surface area contributed by atoms with Gasteiger partial charge in [0, 0.05) is 23.7 Å². The zero-order valence-electron chi connectivity index (χ0n) is 9.37. The molecule has 5 heteroatoms. The topological polar surface area (TPSA) is 41.5 Å². The van der Waals surface area contributed by atoms with Crippen molar-refractivity contribution in [1.29, 1.82) is 0 Å². The van der Waals surface area contributed by atoms with Gasteiger partial charge in [-0.05, 0) is 25.1 Å². The molecular weight excluding hydrogens is 249 g/mol. The maximum Gasteiger partial charge on any atom is 0.123 e. The van der Waals surface area contributed by atoms with E-state index in [-0.39, 0.29) is 18.5 Å². The highest BCUT2D eigenvalue weighted by Crippen LogP contribution is 2.22. The van der Waals surface area contributed by atoms with E-state index in [1.165, 1.54) is 0 Å². The van der Waals surface area contributed by atoms with Crippen LogP contribution in [-0.4, -0.2) is 24.9 Å². The Labute approximate surface area is 107 Å². The number of aliphatic hydroxyl groups is 1. The number of hydrogen-bond donors (Lipinski definition) is 2. The first-order valence-corrected chi connectivity index (χ1v) is 5.22. The number of ether oxygens (including phenoxy) is 1. The van der Waals surface area contributed by atoms with E-state index in [1.807, 2.05) is 12.1 Å². The molecule has 0 amide bonds. The summed E-state index contributed by atoms with van der Waals surface area (Å²) in [5, 5.41) is 12.9. The molecule has 16 heavy (non-hydrogen) atoms. The molecule has 3 nitrogen and oxygen atoms in total. The fraction of sp³-hybridized carbons (Fsp3) is 0.455. The Morgan fingerprint density at radius 3 is 2.75 bits per heavy atom. The highest BCUT2D eigenvalue weighted by atomic mass is 35.5. The lowest BCUT2D eigenvalue weighted by atomic mass is 10.2. The van der Waals surface area contributed by atoms with Gasteiger partial charge < -0.3 is 15.2 Å². The largest absolute Gasteiger partial charge is 0.496 e. The van der Waals surface area contributed by atoms with E-state index in [4.69, 9.17) is 21.4 Å². The molecule has 1 aromatic carbocycles. The van der Waals surface area contributed by atoms with Crippen LogP contribution < -0.4 is 10.1 Å². The molecule has 1 atom stereocenters. The number of benzene rings is 1. The molecule has 0 saturated carbocycles. The molecule has 0 bridgehead atoms. The van der Waals surface area contributed by atoms with Gasteiger partial charge in [-0.3, -0.25) is 0 Å². The molecule has 1 rings (SSSR count). The monoisotopic (exact) mass is 265 g/mol. The average molecular weight is 266 g/mol. The SMILES string of the molecule is COc1ccc(Cl)cc1CNCC(C)O.Cl. The number of halogens is 2. The minimum Gasteiger partial charge on any atom is -0.496 e. The first kappa shape index (κ1) is 15.5. The molecule has 0 aliphatic rings. The lowest BCUT2D eigenvalue weighted by molar-refractivity contribution is 0.191. The Bertz CT molecular complexity index is 319. The van der Waals surface area contributed by atoms with E-state index in [1.54, 1.807) is 20.1 Å². The summed E-state index contributed by atoms with van der Waals surface area (Å²) in [5.74, 6) is 0.803. The Kier molecular flexibility index (Phi) is 7.51. The van der Waals surface area contributed by atoms with Crippen LogP contribution in [-0.2, 0) is 6.54 Å². The van der Waals surface area contributed by atoms with Crippen molar-refractivity contribution in [2.24, 2.45) is 0 Å². The fourth-order valence-corrected chi connectivity index (χ4v) is 1.50. The molecular formula is C11H17Cl2NO2. The minimum atomic E-state index is -0.352. The lowest BCUT2D eigenvalue weighted by Gasteiger charge is -2.11. The third-order valence-electron chi connectivity index (χ3n) is 2.00. The second kappa shape index (κ2) is 7.74. The van der Waals surface area contributed by atoms with Crippen molar-refractivity contribution in [2.75, 3.05) is 13.7 Å². The predicted molar refractivity (Wildman–Crippen MR) is 68.6 cm³/mol. The normalized spacial score (nSPS) is 11.8. The molecule has 2 N–H and O–H groups in total. The smallest absolute Gasteiger partial charge is 0.123 e. The zero-order chi connectivity index (χ0) is 11.3. The van der Waals surface area contributed by atoms with Crippen LogP contribution in [0.15, 0.2) is 18.2 Å². The molecule has 92 valence electrons. The highest BCUT2D eigenvalue weighted by Gasteiger charge is 2.03. The summed E-state index contributed by atoms with van der Waals surface area (Å²) in [4.78, 5) is 0. The van der Waals surface area contributed by atoms with Gasteiger partial charge in [0.25, 0.3) is 0 Å². The molecule has 0 heterocycles. The molecule has 0 aromatic heterocycles. The fourth-order valence-electron chi connectivity index (χ4n) is 1.30. The van der Waals surface area contributed by atoms with Crippen LogP contribution in [0.3, 0.4) is 0 Å². The number of hydrogen-bond acceptors (Lipinski definition) is 3. The number of methoxy groups -OCH3 is 1. The van der Waals surface area contributed by atoms with E-state index in [0.717, 1.165) is 11.3 Å². The van der Waals surface area contributed by atoms with Crippen LogP contribution in [0.5, 0.6) is 5.75 Å². The first-order valence-electron chi connectivity index (χ1n) is 4.84. The van der Waals surface area contributed by atoms with E-state index < -0.39 is 0 Å². The second-order valence-electron chi connectivity index (χ2n) is 3.44. The van der Waals surface area contributed by atoms with Crippen molar-refractivity contribution >= 4 is 24.0 Å². The summed E-state index contributed by atoms with van der Waals surface area (Å²) in [6.07, 6.45) is -0.352. The van der Waals surface area contributed by atoms with E-state index >= 15 is 0 Å². The number of nitrogens with one attached hydrogen (secondary N) is 1. The van der Waals surface area contributed by atoms with Crippen LogP contribution in [0.2, 0.25) is 5.02 Å². The van der Waals surface area contributed by atoms with E-state index in [0.29, 0.717) is 18.1 Å². The number of aliphatic hydroxyl groups excluding tert-OH is 1. The summed E-state index contributed by atoms with van der Waals surface area (Å²) in [6.45, 7) is 2.92. The van der Waals surface area contributed by atoms with Gasteiger partial charge in [-0.15, -0.1) is 12.4 Å². The van der Waals surface area contributed by atoms with Gasteiger partial charge in [0.1, 0.15) is 5.75 Å². The van der Waals surface area contributed by atoms with E-state index in [2.05, 4.69) is 5.32 Å². The molecule has 0 saturated heterocycles.